The SMILES string of the molecule is CO/N=C1\CCSC2=C1CN(c1cc3c(cc1F)c(=O)c(C(=O)O)cn3C1CC1)CC2. The molecule has 0 saturated heterocycles. The van der Waals surface area contributed by atoms with E-state index in [-0.39, 0.29) is 17.0 Å². The number of oxime groups is 1. The third-order valence-corrected chi connectivity index (χ3v) is 7.28. The fraction of sp³-hybridized carbons (Fsp3) is 0.409. The van der Waals surface area contributed by atoms with Gasteiger partial charge >= 0.3 is 5.97 Å². The molecule has 162 valence electrons. The lowest BCUT2D eigenvalue weighted by Gasteiger charge is -2.35. The summed E-state index contributed by atoms with van der Waals surface area (Å²) in [7, 11) is 1.53. The highest BCUT2D eigenvalue weighted by atomic mass is 32.2. The van der Waals surface area contributed by atoms with Gasteiger partial charge in [-0.25, -0.2) is 9.18 Å². The van der Waals surface area contributed by atoms with Crippen LogP contribution in [-0.2, 0) is 4.84 Å². The molecule has 5 rings (SSSR count). The van der Waals surface area contributed by atoms with Gasteiger partial charge in [0.1, 0.15) is 18.5 Å². The van der Waals surface area contributed by atoms with Crippen LogP contribution in [0.4, 0.5) is 10.1 Å². The number of carboxylic acids is 1. The largest absolute Gasteiger partial charge is 0.477 e. The number of pyridine rings is 1. The first kappa shape index (κ1) is 20.1. The van der Waals surface area contributed by atoms with E-state index in [2.05, 4.69) is 5.16 Å². The zero-order chi connectivity index (χ0) is 21.7. The molecule has 1 saturated carbocycles. The van der Waals surface area contributed by atoms with Crippen molar-refractivity contribution in [3.05, 3.63) is 50.4 Å². The summed E-state index contributed by atoms with van der Waals surface area (Å²) in [5.41, 5.74) is 2.03. The standard InChI is InChI=1S/C22H22FN3O4S/c1-30-24-17-5-7-31-20-4-6-25(10-14(17)20)19-9-18-13(8-16(19)23)21(27)15(22(28)29)11-26(18)12-2-3-12/h8-9,11-12H,2-7,10H2,1H3,(H,28,29)/b24-17+. The summed E-state index contributed by atoms with van der Waals surface area (Å²) in [6.07, 6.45) is 4.85. The number of nitrogens with zero attached hydrogens (tertiary/aromatic N) is 3. The summed E-state index contributed by atoms with van der Waals surface area (Å²) >= 11 is 1.82. The molecule has 0 amide bonds. The third kappa shape index (κ3) is 3.50. The minimum Gasteiger partial charge on any atom is -0.477 e. The number of thioether (sulfide) groups is 1. The summed E-state index contributed by atoms with van der Waals surface area (Å²) in [6.45, 7) is 1.18. The number of aromatic carboxylic acids is 1. The maximum Gasteiger partial charge on any atom is 0.341 e. The Labute approximate surface area is 182 Å². The maximum absolute atomic E-state index is 15.2. The van der Waals surface area contributed by atoms with Crippen molar-refractivity contribution in [2.75, 3.05) is 30.9 Å². The summed E-state index contributed by atoms with van der Waals surface area (Å²) < 4.78 is 17.0. The van der Waals surface area contributed by atoms with Crippen molar-refractivity contribution >= 4 is 40.0 Å². The van der Waals surface area contributed by atoms with E-state index in [1.165, 1.54) is 24.3 Å². The van der Waals surface area contributed by atoms with Gasteiger partial charge in [0.2, 0.25) is 5.43 Å². The van der Waals surface area contributed by atoms with E-state index in [0.29, 0.717) is 24.3 Å². The summed E-state index contributed by atoms with van der Waals surface area (Å²) in [5, 5.41) is 13.7. The molecule has 31 heavy (non-hydrogen) atoms. The average Bonchev–Trinajstić information content (AvgIpc) is 3.59. The van der Waals surface area contributed by atoms with E-state index in [4.69, 9.17) is 4.84 Å². The van der Waals surface area contributed by atoms with Gasteiger partial charge in [-0.2, -0.15) is 0 Å². The molecular weight excluding hydrogens is 421 g/mol. The Bertz CT molecular complexity index is 1220. The summed E-state index contributed by atoms with van der Waals surface area (Å²) in [4.78, 5) is 32.5. The maximum atomic E-state index is 15.2. The lowest BCUT2D eigenvalue weighted by Crippen LogP contribution is -2.36. The molecule has 7 nitrogen and oxygen atoms in total. The van der Waals surface area contributed by atoms with Crippen LogP contribution < -0.4 is 10.3 Å². The molecule has 1 aromatic carbocycles. The van der Waals surface area contributed by atoms with Crippen LogP contribution in [0, 0.1) is 5.82 Å². The smallest absolute Gasteiger partial charge is 0.341 e. The van der Waals surface area contributed by atoms with Gasteiger partial charge in [0.15, 0.2) is 0 Å². The molecule has 9 heteroatoms. The highest BCUT2D eigenvalue weighted by Crippen LogP contribution is 2.40. The first-order chi connectivity index (χ1) is 15.0. The van der Waals surface area contributed by atoms with Crippen LogP contribution in [0.2, 0.25) is 0 Å². The Morgan fingerprint density at radius 1 is 1.32 bits per heavy atom. The van der Waals surface area contributed by atoms with Gasteiger partial charge in [-0.3, -0.25) is 4.79 Å². The molecule has 1 fully saturated rings. The number of aromatic nitrogens is 1. The predicted molar refractivity (Wildman–Crippen MR) is 119 cm³/mol. The number of carbonyl (C=O) groups is 1. The lowest BCUT2D eigenvalue weighted by atomic mass is 10.0. The van der Waals surface area contributed by atoms with Crippen LogP contribution in [0.3, 0.4) is 0 Å². The quantitative estimate of drug-likeness (QED) is 0.724. The number of carboxylic acid groups (broad SMARTS) is 1. The fourth-order valence-electron chi connectivity index (χ4n) is 4.40. The molecule has 3 aliphatic rings. The number of hydrogen-bond acceptors (Lipinski definition) is 6. The minimum atomic E-state index is -1.29. The first-order valence-electron chi connectivity index (χ1n) is 10.3. The molecule has 3 heterocycles. The zero-order valence-corrected chi connectivity index (χ0v) is 17.9. The van der Waals surface area contributed by atoms with Crippen molar-refractivity contribution in [3.63, 3.8) is 0 Å². The van der Waals surface area contributed by atoms with Crippen LogP contribution in [0.1, 0.15) is 42.1 Å². The van der Waals surface area contributed by atoms with Crippen molar-refractivity contribution in [1.29, 1.82) is 0 Å². The van der Waals surface area contributed by atoms with Crippen molar-refractivity contribution in [3.8, 4) is 0 Å². The van der Waals surface area contributed by atoms with Gasteiger partial charge in [0, 0.05) is 48.5 Å². The normalized spacial score (nSPS) is 20.3. The number of halogens is 1. The number of fused-ring (bicyclic) bond motifs is 1. The van der Waals surface area contributed by atoms with Gasteiger partial charge in [-0.1, -0.05) is 5.16 Å². The second-order valence-corrected chi connectivity index (χ2v) is 9.22. The van der Waals surface area contributed by atoms with Crippen molar-refractivity contribution < 1.29 is 19.1 Å². The third-order valence-electron chi connectivity index (χ3n) is 6.07. The van der Waals surface area contributed by atoms with E-state index >= 15 is 4.39 Å². The number of anilines is 1. The monoisotopic (exact) mass is 443 g/mol. The molecule has 0 radical (unpaired) electrons. The van der Waals surface area contributed by atoms with E-state index in [1.54, 1.807) is 6.07 Å². The molecule has 0 unspecified atom stereocenters. The summed E-state index contributed by atoms with van der Waals surface area (Å²) in [5.74, 6) is -0.849. The van der Waals surface area contributed by atoms with Crippen molar-refractivity contribution in [1.82, 2.24) is 4.57 Å². The average molecular weight is 444 g/mol. The number of benzene rings is 1. The van der Waals surface area contributed by atoms with E-state index < -0.39 is 17.2 Å². The topological polar surface area (TPSA) is 84.1 Å². The molecule has 0 spiro atoms. The predicted octanol–water partition coefficient (Wildman–Crippen LogP) is 3.78. The Hall–Kier alpha value is -2.81. The number of rotatable bonds is 4. The van der Waals surface area contributed by atoms with Crippen LogP contribution in [0.25, 0.3) is 10.9 Å². The Morgan fingerprint density at radius 3 is 2.84 bits per heavy atom. The first-order valence-corrected chi connectivity index (χ1v) is 11.3. The minimum absolute atomic E-state index is 0.111. The van der Waals surface area contributed by atoms with Crippen LogP contribution in [0.5, 0.6) is 0 Å². The Kier molecular flexibility index (Phi) is 5.00. The second-order valence-electron chi connectivity index (χ2n) is 8.03. The van der Waals surface area contributed by atoms with Crippen LogP contribution in [0.15, 0.2) is 38.8 Å². The van der Waals surface area contributed by atoms with Gasteiger partial charge in [0.25, 0.3) is 0 Å². The molecule has 1 N–H and O–H groups in total. The van der Waals surface area contributed by atoms with Gasteiger partial charge in [0.05, 0.1) is 16.9 Å². The van der Waals surface area contributed by atoms with Gasteiger partial charge < -0.3 is 19.4 Å². The van der Waals surface area contributed by atoms with E-state index in [1.807, 2.05) is 21.2 Å². The molecular formula is C22H22FN3O4S. The molecule has 2 aliphatic heterocycles. The highest BCUT2D eigenvalue weighted by molar-refractivity contribution is 8.03. The van der Waals surface area contributed by atoms with Gasteiger partial charge in [-0.05, 0) is 36.3 Å². The Morgan fingerprint density at radius 2 is 2.13 bits per heavy atom. The Balaban J connectivity index is 1.61. The molecule has 0 atom stereocenters. The molecule has 0 bridgehead atoms. The second kappa shape index (κ2) is 7.71. The fourth-order valence-corrected chi connectivity index (χ4v) is 5.54. The molecule has 1 aliphatic carbocycles. The van der Waals surface area contributed by atoms with Crippen molar-refractivity contribution in [2.24, 2.45) is 5.16 Å². The summed E-state index contributed by atoms with van der Waals surface area (Å²) in [6, 6.07) is 3.04. The van der Waals surface area contributed by atoms with Crippen molar-refractivity contribution in [2.45, 2.75) is 31.7 Å². The van der Waals surface area contributed by atoms with Crippen LogP contribution in [-0.4, -0.2) is 47.3 Å². The lowest BCUT2D eigenvalue weighted by molar-refractivity contribution is 0.0695. The molecule has 1 aromatic heterocycles. The zero-order valence-electron chi connectivity index (χ0n) is 17.1. The van der Waals surface area contributed by atoms with E-state index in [9.17, 15) is 14.7 Å². The number of hydrogen-bond donors (Lipinski definition) is 1. The highest BCUT2D eigenvalue weighted by Gasteiger charge is 2.30. The molecule has 2 aromatic rings. The van der Waals surface area contributed by atoms with Crippen LogP contribution >= 0.6 is 11.8 Å². The van der Waals surface area contributed by atoms with E-state index in [0.717, 1.165) is 42.7 Å². The van der Waals surface area contributed by atoms with Gasteiger partial charge in [-0.15, -0.1) is 11.8 Å².